The second kappa shape index (κ2) is 5.30. The van der Waals surface area contributed by atoms with E-state index in [9.17, 15) is 14.7 Å². The van der Waals surface area contributed by atoms with Crippen LogP contribution in [0, 0.1) is 6.92 Å². The van der Waals surface area contributed by atoms with Crippen LogP contribution in [0.25, 0.3) is 0 Å². The zero-order valence-corrected chi connectivity index (χ0v) is 11.9. The van der Waals surface area contributed by atoms with Crippen molar-refractivity contribution in [3.63, 3.8) is 0 Å². The van der Waals surface area contributed by atoms with Crippen LogP contribution in [-0.2, 0) is 4.79 Å². The SMILES string of the molecule is Cc1ccc(Br)cc1C(=O)N1CC(O)CC1C(=O)O. The molecule has 0 aliphatic carbocycles. The summed E-state index contributed by atoms with van der Waals surface area (Å²) in [5, 5.41) is 18.7. The summed E-state index contributed by atoms with van der Waals surface area (Å²) in [5.74, 6) is -1.44. The van der Waals surface area contributed by atoms with Crippen LogP contribution in [0.1, 0.15) is 22.3 Å². The van der Waals surface area contributed by atoms with Crippen molar-refractivity contribution in [2.45, 2.75) is 25.5 Å². The quantitative estimate of drug-likeness (QED) is 0.861. The Morgan fingerprint density at radius 2 is 2.11 bits per heavy atom. The molecule has 2 N–H and O–H groups in total. The lowest BCUT2D eigenvalue weighted by atomic mass is 10.1. The number of carbonyl (C=O) groups excluding carboxylic acids is 1. The molecule has 1 fully saturated rings. The molecule has 5 nitrogen and oxygen atoms in total. The predicted molar refractivity (Wildman–Crippen MR) is 72.0 cm³/mol. The lowest BCUT2D eigenvalue weighted by Crippen LogP contribution is -2.40. The summed E-state index contributed by atoms with van der Waals surface area (Å²) < 4.78 is 0.757. The molecule has 0 aromatic heterocycles. The third kappa shape index (κ3) is 2.79. The molecule has 6 heteroatoms. The summed E-state index contributed by atoms with van der Waals surface area (Å²) in [5.41, 5.74) is 1.23. The second-order valence-corrected chi connectivity index (χ2v) is 5.58. The lowest BCUT2D eigenvalue weighted by Gasteiger charge is -2.22. The first-order chi connectivity index (χ1) is 8.90. The molecule has 1 aliphatic rings. The smallest absolute Gasteiger partial charge is 0.326 e. The van der Waals surface area contributed by atoms with E-state index < -0.39 is 18.1 Å². The number of aliphatic carboxylic acids is 1. The van der Waals surface area contributed by atoms with Gasteiger partial charge in [-0.05, 0) is 24.6 Å². The summed E-state index contributed by atoms with van der Waals surface area (Å²) in [4.78, 5) is 24.8. The minimum Gasteiger partial charge on any atom is -0.480 e. The number of hydrogen-bond acceptors (Lipinski definition) is 3. The fraction of sp³-hybridized carbons (Fsp3) is 0.385. The van der Waals surface area contributed by atoms with Gasteiger partial charge in [-0.2, -0.15) is 0 Å². The molecular formula is C13H14BrNO4. The van der Waals surface area contributed by atoms with Crippen LogP contribution in [-0.4, -0.2) is 45.7 Å². The second-order valence-electron chi connectivity index (χ2n) is 4.66. The topological polar surface area (TPSA) is 77.8 Å². The van der Waals surface area contributed by atoms with Gasteiger partial charge in [0.1, 0.15) is 6.04 Å². The number of halogens is 1. The van der Waals surface area contributed by atoms with Crippen molar-refractivity contribution in [3.05, 3.63) is 33.8 Å². The zero-order valence-electron chi connectivity index (χ0n) is 10.3. The number of β-amino-alcohol motifs (C(OH)–C–C–N with tert-alkyl or cyclic N) is 1. The molecule has 0 bridgehead atoms. The van der Waals surface area contributed by atoms with Crippen LogP contribution < -0.4 is 0 Å². The number of aliphatic hydroxyl groups is 1. The Balaban J connectivity index is 2.33. The molecule has 2 atom stereocenters. The van der Waals surface area contributed by atoms with E-state index in [1.54, 1.807) is 19.1 Å². The van der Waals surface area contributed by atoms with E-state index in [0.717, 1.165) is 10.0 Å². The van der Waals surface area contributed by atoms with Crippen LogP contribution in [0.3, 0.4) is 0 Å². The van der Waals surface area contributed by atoms with Crippen molar-refractivity contribution in [1.29, 1.82) is 0 Å². The van der Waals surface area contributed by atoms with Crippen LogP contribution in [0.15, 0.2) is 22.7 Å². The lowest BCUT2D eigenvalue weighted by molar-refractivity contribution is -0.141. The van der Waals surface area contributed by atoms with Gasteiger partial charge in [0.05, 0.1) is 6.10 Å². The highest BCUT2D eigenvalue weighted by Crippen LogP contribution is 2.24. The summed E-state index contributed by atoms with van der Waals surface area (Å²) >= 11 is 3.29. The molecule has 1 aromatic rings. The minimum atomic E-state index is -1.09. The van der Waals surface area contributed by atoms with Gasteiger partial charge >= 0.3 is 5.97 Å². The highest BCUT2D eigenvalue weighted by atomic mass is 79.9. The maximum absolute atomic E-state index is 12.4. The Kier molecular flexibility index (Phi) is 3.91. The number of likely N-dealkylation sites (tertiary alicyclic amines) is 1. The van der Waals surface area contributed by atoms with E-state index in [1.165, 1.54) is 4.90 Å². The number of hydrogen-bond donors (Lipinski definition) is 2. The van der Waals surface area contributed by atoms with Gasteiger partial charge in [-0.25, -0.2) is 4.79 Å². The van der Waals surface area contributed by atoms with Crippen molar-refractivity contribution in [2.75, 3.05) is 6.54 Å². The van der Waals surface area contributed by atoms with Crippen molar-refractivity contribution < 1.29 is 19.8 Å². The van der Waals surface area contributed by atoms with E-state index in [-0.39, 0.29) is 18.9 Å². The number of carboxylic acids is 1. The molecule has 1 amide bonds. The van der Waals surface area contributed by atoms with E-state index in [2.05, 4.69) is 15.9 Å². The Morgan fingerprint density at radius 3 is 2.74 bits per heavy atom. The summed E-state index contributed by atoms with van der Waals surface area (Å²) in [6.07, 6.45) is -0.703. The van der Waals surface area contributed by atoms with Gasteiger partial charge in [0.15, 0.2) is 0 Å². The highest BCUT2D eigenvalue weighted by molar-refractivity contribution is 9.10. The molecule has 0 radical (unpaired) electrons. The highest BCUT2D eigenvalue weighted by Gasteiger charge is 2.39. The van der Waals surface area contributed by atoms with Crippen LogP contribution in [0.4, 0.5) is 0 Å². The summed E-state index contributed by atoms with van der Waals surface area (Å²) in [6, 6.07) is 4.32. The molecule has 0 spiro atoms. The number of aryl methyl sites for hydroxylation is 1. The summed E-state index contributed by atoms with van der Waals surface area (Å²) in [6.45, 7) is 1.85. The monoisotopic (exact) mass is 327 g/mol. The maximum Gasteiger partial charge on any atom is 0.326 e. The molecule has 2 rings (SSSR count). The predicted octanol–water partition coefficient (Wildman–Crippen LogP) is 1.42. The van der Waals surface area contributed by atoms with Gasteiger partial charge in [0.25, 0.3) is 5.91 Å². The molecule has 1 heterocycles. The molecule has 102 valence electrons. The first-order valence-electron chi connectivity index (χ1n) is 5.88. The average Bonchev–Trinajstić information content (AvgIpc) is 2.74. The zero-order chi connectivity index (χ0) is 14.2. The van der Waals surface area contributed by atoms with Gasteiger partial charge in [0, 0.05) is 23.0 Å². The molecule has 1 aromatic carbocycles. The molecule has 1 saturated heterocycles. The average molecular weight is 328 g/mol. The number of carbonyl (C=O) groups is 2. The third-order valence-corrected chi connectivity index (χ3v) is 3.75. The van der Waals surface area contributed by atoms with Crippen molar-refractivity contribution in [1.82, 2.24) is 4.90 Å². The Labute approximate surface area is 119 Å². The maximum atomic E-state index is 12.4. The van der Waals surface area contributed by atoms with E-state index in [1.807, 2.05) is 6.07 Å². The van der Waals surface area contributed by atoms with E-state index in [4.69, 9.17) is 5.11 Å². The molecule has 0 saturated carbocycles. The van der Waals surface area contributed by atoms with Crippen molar-refractivity contribution >= 4 is 27.8 Å². The Morgan fingerprint density at radius 1 is 1.42 bits per heavy atom. The van der Waals surface area contributed by atoms with Crippen molar-refractivity contribution in [3.8, 4) is 0 Å². The van der Waals surface area contributed by atoms with E-state index >= 15 is 0 Å². The van der Waals surface area contributed by atoms with Crippen LogP contribution in [0.2, 0.25) is 0 Å². The number of rotatable bonds is 2. The van der Waals surface area contributed by atoms with Crippen LogP contribution >= 0.6 is 15.9 Å². The summed E-state index contributed by atoms with van der Waals surface area (Å²) in [7, 11) is 0. The standard InChI is InChI=1S/C13H14BrNO4/c1-7-2-3-8(14)4-10(7)12(17)15-6-9(16)5-11(15)13(18)19/h2-4,9,11,16H,5-6H2,1H3,(H,18,19). The van der Waals surface area contributed by atoms with Gasteiger partial charge in [-0.1, -0.05) is 22.0 Å². The molecule has 2 unspecified atom stereocenters. The number of carboxylic acid groups (broad SMARTS) is 1. The van der Waals surface area contributed by atoms with E-state index in [0.29, 0.717) is 5.56 Å². The first-order valence-corrected chi connectivity index (χ1v) is 6.67. The number of aliphatic hydroxyl groups excluding tert-OH is 1. The number of nitrogens with zero attached hydrogens (tertiary/aromatic N) is 1. The fourth-order valence-corrected chi connectivity index (χ4v) is 2.61. The molecular weight excluding hydrogens is 314 g/mol. The van der Waals surface area contributed by atoms with Crippen molar-refractivity contribution in [2.24, 2.45) is 0 Å². The minimum absolute atomic E-state index is 0.0573. The van der Waals surface area contributed by atoms with Gasteiger partial charge in [-0.15, -0.1) is 0 Å². The van der Waals surface area contributed by atoms with Crippen LogP contribution in [0.5, 0.6) is 0 Å². The van der Waals surface area contributed by atoms with Gasteiger partial charge in [0.2, 0.25) is 0 Å². The van der Waals surface area contributed by atoms with Gasteiger partial charge in [-0.3, -0.25) is 4.79 Å². The Hall–Kier alpha value is -1.40. The van der Waals surface area contributed by atoms with Gasteiger partial charge < -0.3 is 15.1 Å². The number of benzene rings is 1. The molecule has 1 aliphatic heterocycles. The third-order valence-electron chi connectivity index (χ3n) is 3.25. The first kappa shape index (κ1) is 14.0. The normalized spacial score (nSPS) is 22.6. The largest absolute Gasteiger partial charge is 0.480 e. The number of amides is 1. The molecule has 19 heavy (non-hydrogen) atoms. The Bertz CT molecular complexity index is 531. The fourth-order valence-electron chi connectivity index (χ4n) is 2.25.